The zero-order valence-corrected chi connectivity index (χ0v) is 21.4. The Morgan fingerprint density at radius 2 is 1.27 bits per heavy atom. The lowest BCUT2D eigenvalue weighted by Crippen LogP contribution is -1.93. The molecule has 0 N–H and O–H groups in total. The van der Waals surface area contributed by atoms with Gasteiger partial charge in [-0.05, 0) is 77.2 Å². The first-order chi connectivity index (χ1) is 18.2. The highest BCUT2D eigenvalue weighted by Gasteiger charge is 2.17. The molecule has 2 aromatic heterocycles. The molecule has 8 rings (SSSR count). The maximum Gasteiger partial charge on any atom is 0.143 e. The van der Waals surface area contributed by atoms with Gasteiger partial charge in [-0.2, -0.15) is 0 Å². The van der Waals surface area contributed by atoms with Gasteiger partial charge >= 0.3 is 0 Å². The summed E-state index contributed by atoms with van der Waals surface area (Å²) >= 11 is 3.56. The maximum absolute atomic E-state index is 6.41. The van der Waals surface area contributed by atoms with E-state index in [1.54, 1.807) is 0 Å². The van der Waals surface area contributed by atoms with Gasteiger partial charge in [0.15, 0.2) is 0 Å². The molecule has 0 aliphatic rings. The third-order valence-corrected chi connectivity index (χ3v) is 7.97. The molecule has 2 heterocycles. The zero-order chi connectivity index (χ0) is 24.5. The van der Waals surface area contributed by atoms with Crippen molar-refractivity contribution in [3.05, 3.63) is 126 Å². The van der Waals surface area contributed by atoms with Crippen molar-refractivity contribution >= 4 is 70.4 Å². The van der Waals surface area contributed by atoms with E-state index in [-0.39, 0.29) is 0 Å². The number of fused-ring (bicyclic) bond motifs is 8. The molecule has 0 amide bonds. The van der Waals surface area contributed by atoms with Crippen LogP contribution in [0.2, 0.25) is 0 Å². The SMILES string of the molecule is Brc1ccc(-c2ccc3c(c2)c2cc4ccc5c6ccccc6oc5c4cc2n3-c2ccccc2)cc1. The van der Waals surface area contributed by atoms with E-state index in [0.29, 0.717) is 0 Å². The lowest BCUT2D eigenvalue weighted by atomic mass is 10.0. The Balaban J connectivity index is 1.50. The van der Waals surface area contributed by atoms with Gasteiger partial charge in [0.1, 0.15) is 11.2 Å². The molecular formula is C34H20BrNO. The Bertz CT molecular complexity index is 2130. The minimum atomic E-state index is 0.924. The third kappa shape index (κ3) is 3.11. The summed E-state index contributed by atoms with van der Waals surface area (Å²) in [6.07, 6.45) is 0. The van der Waals surface area contributed by atoms with Crippen LogP contribution >= 0.6 is 15.9 Å². The monoisotopic (exact) mass is 537 g/mol. The van der Waals surface area contributed by atoms with Gasteiger partial charge in [0.05, 0.1) is 11.0 Å². The average molecular weight is 538 g/mol. The highest BCUT2D eigenvalue weighted by atomic mass is 79.9. The summed E-state index contributed by atoms with van der Waals surface area (Å²) in [4.78, 5) is 0. The van der Waals surface area contributed by atoms with Crippen LogP contribution in [0.15, 0.2) is 130 Å². The Morgan fingerprint density at radius 1 is 0.514 bits per heavy atom. The molecule has 0 fully saturated rings. The van der Waals surface area contributed by atoms with Crippen LogP contribution in [0.25, 0.3) is 71.3 Å². The van der Waals surface area contributed by atoms with Crippen molar-refractivity contribution in [1.82, 2.24) is 4.57 Å². The van der Waals surface area contributed by atoms with Gasteiger partial charge in [-0.15, -0.1) is 0 Å². The van der Waals surface area contributed by atoms with E-state index in [1.807, 2.05) is 12.1 Å². The highest BCUT2D eigenvalue weighted by molar-refractivity contribution is 9.10. The smallest absolute Gasteiger partial charge is 0.143 e. The van der Waals surface area contributed by atoms with Crippen LogP contribution in [-0.4, -0.2) is 4.57 Å². The first-order valence-electron chi connectivity index (χ1n) is 12.4. The number of furan rings is 1. The number of hydrogen-bond donors (Lipinski definition) is 0. The van der Waals surface area contributed by atoms with Crippen molar-refractivity contribution in [3.63, 3.8) is 0 Å². The first-order valence-corrected chi connectivity index (χ1v) is 13.2. The summed E-state index contributed by atoms with van der Waals surface area (Å²) in [6, 6.07) is 43.3. The molecule has 0 saturated heterocycles. The van der Waals surface area contributed by atoms with Crippen LogP contribution in [0.3, 0.4) is 0 Å². The first kappa shape index (κ1) is 20.8. The largest absolute Gasteiger partial charge is 0.455 e. The molecule has 0 bridgehead atoms. The molecule has 37 heavy (non-hydrogen) atoms. The molecule has 0 saturated carbocycles. The lowest BCUT2D eigenvalue weighted by Gasteiger charge is -2.09. The predicted molar refractivity (Wildman–Crippen MR) is 159 cm³/mol. The van der Waals surface area contributed by atoms with Gasteiger partial charge in [-0.25, -0.2) is 0 Å². The van der Waals surface area contributed by atoms with Gasteiger partial charge in [-0.1, -0.05) is 76.6 Å². The van der Waals surface area contributed by atoms with Gasteiger partial charge < -0.3 is 8.98 Å². The fourth-order valence-corrected chi connectivity index (χ4v) is 5.96. The summed E-state index contributed by atoms with van der Waals surface area (Å²) < 4.78 is 9.86. The standard InChI is InChI=1S/C34H20BrNO/c35-24-14-10-21(11-15-24)22-13-17-31-29(18-22)30-19-23-12-16-27-26-8-4-5-9-33(26)37-34(27)28(23)20-32(30)36(31)25-6-2-1-3-7-25/h1-20H. The summed E-state index contributed by atoms with van der Waals surface area (Å²) in [5, 5.41) is 7.10. The number of halogens is 1. The zero-order valence-electron chi connectivity index (χ0n) is 19.8. The Morgan fingerprint density at radius 3 is 2.14 bits per heavy atom. The molecule has 0 aliphatic heterocycles. The van der Waals surface area contributed by atoms with E-state index < -0.39 is 0 Å². The number of hydrogen-bond acceptors (Lipinski definition) is 1. The van der Waals surface area contributed by atoms with Crippen LogP contribution in [-0.2, 0) is 0 Å². The molecule has 0 radical (unpaired) electrons. The van der Waals surface area contributed by atoms with E-state index in [1.165, 1.54) is 38.3 Å². The fraction of sp³-hybridized carbons (Fsp3) is 0. The lowest BCUT2D eigenvalue weighted by molar-refractivity contribution is 0.672. The van der Waals surface area contributed by atoms with Gasteiger partial charge in [0.25, 0.3) is 0 Å². The third-order valence-electron chi connectivity index (χ3n) is 7.44. The molecular weight excluding hydrogens is 518 g/mol. The van der Waals surface area contributed by atoms with E-state index in [9.17, 15) is 0 Å². The highest BCUT2D eigenvalue weighted by Crippen LogP contribution is 2.40. The molecule has 0 atom stereocenters. The normalized spacial score (nSPS) is 11.9. The van der Waals surface area contributed by atoms with Crippen molar-refractivity contribution in [2.75, 3.05) is 0 Å². The topological polar surface area (TPSA) is 18.1 Å². The van der Waals surface area contributed by atoms with Crippen LogP contribution in [0.1, 0.15) is 0 Å². The Labute approximate surface area is 221 Å². The van der Waals surface area contributed by atoms with Crippen molar-refractivity contribution in [3.8, 4) is 16.8 Å². The van der Waals surface area contributed by atoms with E-state index >= 15 is 0 Å². The molecule has 0 aliphatic carbocycles. The molecule has 0 unspecified atom stereocenters. The number of aromatic nitrogens is 1. The summed E-state index contributed by atoms with van der Waals surface area (Å²) in [7, 11) is 0. The van der Waals surface area contributed by atoms with Crippen molar-refractivity contribution in [1.29, 1.82) is 0 Å². The summed E-state index contributed by atoms with van der Waals surface area (Å²) in [5.74, 6) is 0. The molecule has 174 valence electrons. The van der Waals surface area contributed by atoms with Crippen molar-refractivity contribution < 1.29 is 4.42 Å². The Kier molecular flexibility index (Phi) is 4.40. The summed E-state index contributed by atoms with van der Waals surface area (Å²) in [5.41, 5.74) is 7.80. The maximum atomic E-state index is 6.41. The van der Waals surface area contributed by atoms with Gasteiger partial charge in [0.2, 0.25) is 0 Å². The second kappa shape index (κ2) is 7.83. The fourth-order valence-electron chi connectivity index (χ4n) is 5.70. The van der Waals surface area contributed by atoms with Crippen LogP contribution in [0.5, 0.6) is 0 Å². The second-order valence-electron chi connectivity index (χ2n) is 9.54. The van der Waals surface area contributed by atoms with E-state index in [2.05, 4.69) is 130 Å². The molecule has 8 aromatic rings. The van der Waals surface area contributed by atoms with Crippen LogP contribution in [0, 0.1) is 0 Å². The molecule has 2 nitrogen and oxygen atoms in total. The van der Waals surface area contributed by atoms with Crippen molar-refractivity contribution in [2.24, 2.45) is 0 Å². The number of rotatable bonds is 2. The summed E-state index contributed by atoms with van der Waals surface area (Å²) in [6.45, 7) is 0. The number of nitrogens with zero attached hydrogens (tertiary/aromatic N) is 1. The minimum Gasteiger partial charge on any atom is -0.455 e. The number of benzene rings is 6. The molecule has 0 spiro atoms. The second-order valence-corrected chi connectivity index (χ2v) is 10.5. The van der Waals surface area contributed by atoms with E-state index in [4.69, 9.17) is 4.42 Å². The van der Waals surface area contributed by atoms with Crippen LogP contribution in [0.4, 0.5) is 0 Å². The Hall–Kier alpha value is -4.34. The van der Waals surface area contributed by atoms with Gasteiger partial charge in [-0.3, -0.25) is 0 Å². The number of para-hydroxylation sites is 2. The minimum absolute atomic E-state index is 0.924. The molecule has 3 heteroatoms. The van der Waals surface area contributed by atoms with Gasteiger partial charge in [0, 0.05) is 37.1 Å². The average Bonchev–Trinajstić information content (AvgIpc) is 3.48. The quantitative estimate of drug-likeness (QED) is 0.214. The van der Waals surface area contributed by atoms with Crippen molar-refractivity contribution in [2.45, 2.75) is 0 Å². The predicted octanol–water partition coefficient (Wildman–Crippen LogP) is 10.3. The molecule has 6 aromatic carbocycles. The van der Waals surface area contributed by atoms with E-state index in [0.717, 1.165) is 37.5 Å². The van der Waals surface area contributed by atoms with Crippen LogP contribution < -0.4 is 0 Å².